The first kappa shape index (κ1) is 23.3. The van der Waals surface area contributed by atoms with Gasteiger partial charge in [-0.3, -0.25) is 0 Å². The first-order chi connectivity index (χ1) is 11.8. The van der Waals surface area contributed by atoms with Crippen LogP contribution >= 0.6 is 0 Å². The zero-order chi connectivity index (χ0) is 20.1. The minimum atomic E-state index is -6.81. The van der Waals surface area contributed by atoms with E-state index in [1.807, 2.05) is 0 Å². The Bertz CT molecular complexity index is 418. The maximum absolute atomic E-state index is 13.3. The van der Waals surface area contributed by atoms with Gasteiger partial charge in [-0.05, 0) is 32.1 Å². The average molecular weight is 404 g/mol. The van der Waals surface area contributed by atoms with Gasteiger partial charge in [-0.2, -0.15) is 39.5 Å². The third-order valence-corrected chi connectivity index (χ3v) is 4.10. The highest BCUT2D eigenvalue weighted by Gasteiger charge is 2.81. The van der Waals surface area contributed by atoms with Gasteiger partial charge in [-0.15, -0.1) is 0 Å². The zero-order valence-corrected chi connectivity index (χ0v) is 13.9. The first-order valence-corrected chi connectivity index (χ1v) is 8.22. The van der Waals surface area contributed by atoms with E-state index in [1.54, 1.807) is 0 Å². The molecule has 11 heteroatoms. The van der Waals surface area contributed by atoms with Crippen molar-refractivity contribution in [1.29, 1.82) is 0 Å². The van der Waals surface area contributed by atoms with Gasteiger partial charge in [0.15, 0.2) is 0 Å². The largest absolute Gasteiger partial charge is 0.460 e. The van der Waals surface area contributed by atoms with Crippen molar-refractivity contribution in [2.24, 2.45) is 0 Å². The van der Waals surface area contributed by atoms with E-state index in [1.165, 1.54) is 0 Å². The van der Waals surface area contributed by atoms with Crippen LogP contribution in [-0.4, -0.2) is 49.9 Å². The van der Waals surface area contributed by atoms with E-state index >= 15 is 0 Å². The number of hydrogen-bond donors (Lipinski definition) is 0. The van der Waals surface area contributed by atoms with Gasteiger partial charge in [0.1, 0.15) is 0 Å². The molecule has 2 nitrogen and oxygen atoms in total. The van der Waals surface area contributed by atoms with Gasteiger partial charge in [0.2, 0.25) is 0 Å². The minimum absolute atomic E-state index is 0.0663. The molecule has 1 unspecified atom stereocenters. The summed E-state index contributed by atoms with van der Waals surface area (Å²) in [5.74, 6) is -18.8. The summed E-state index contributed by atoms with van der Waals surface area (Å²) in [7, 11) is 0. The number of alkyl halides is 9. The number of ether oxygens (including phenoxy) is 2. The molecule has 1 heterocycles. The molecule has 1 fully saturated rings. The Hall–Kier alpha value is -0.710. The van der Waals surface area contributed by atoms with Crippen LogP contribution in [0.4, 0.5) is 39.5 Å². The summed E-state index contributed by atoms with van der Waals surface area (Å²) in [5.41, 5.74) is 0. The Balaban J connectivity index is 2.27. The van der Waals surface area contributed by atoms with Gasteiger partial charge in [0.25, 0.3) is 0 Å². The summed E-state index contributed by atoms with van der Waals surface area (Å²) in [6, 6.07) is 0. The highest BCUT2D eigenvalue weighted by molar-refractivity contribution is 5.00. The third-order valence-electron chi connectivity index (χ3n) is 4.10. The van der Waals surface area contributed by atoms with Crippen LogP contribution in [0.3, 0.4) is 0 Å². The normalized spacial score (nSPS) is 20.0. The standard InChI is InChI=1S/C15H21F9O2/c16-12(17,13(18,19)14(20,21)15(22,23)24)7-2-1-3-8-25-10-6-11-5-4-9-26-11/h11H,1-10H2. The van der Waals surface area contributed by atoms with E-state index in [-0.39, 0.29) is 25.6 Å². The fourth-order valence-electron chi connectivity index (χ4n) is 2.48. The molecule has 156 valence electrons. The second-order valence-electron chi connectivity index (χ2n) is 6.20. The summed E-state index contributed by atoms with van der Waals surface area (Å²) >= 11 is 0. The lowest BCUT2D eigenvalue weighted by Gasteiger charge is -2.33. The highest BCUT2D eigenvalue weighted by atomic mass is 19.4. The van der Waals surface area contributed by atoms with Crippen molar-refractivity contribution in [2.75, 3.05) is 19.8 Å². The maximum atomic E-state index is 13.3. The molecule has 0 aromatic heterocycles. The van der Waals surface area contributed by atoms with Crippen LogP contribution in [0.25, 0.3) is 0 Å². The molecule has 0 spiro atoms. The van der Waals surface area contributed by atoms with Crippen molar-refractivity contribution in [3.8, 4) is 0 Å². The average Bonchev–Trinajstić information content (AvgIpc) is 3.01. The summed E-state index contributed by atoms with van der Waals surface area (Å²) < 4.78 is 124. The van der Waals surface area contributed by atoms with E-state index in [9.17, 15) is 39.5 Å². The monoisotopic (exact) mass is 404 g/mol. The number of halogens is 9. The Morgan fingerprint density at radius 2 is 1.46 bits per heavy atom. The smallest absolute Gasteiger partial charge is 0.381 e. The maximum Gasteiger partial charge on any atom is 0.460 e. The molecule has 1 aliphatic rings. The summed E-state index contributed by atoms with van der Waals surface area (Å²) in [6.45, 7) is 1.21. The van der Waals surface area contributed by atoms with Gasteiger partial charge in [-0.1, -0.05) is 6.42 Å². The second kappa shape index (κ2) is 8.99. The predicted molar refractivity (Wildman–Crippen MR) is 73.8 cm³/mol. The predicted octanol–water partition coefficient (Wildman–Crippen LogP) is 5.60. The van der Waals surface area contributed by atoms with E-state index in [0.717, 1.165) is 12.8 Å². The zero-order valence-electron chi connectivity index (χ0n) is 13.9. The van der Waals surface area contributed by atoms with Crippen LogP contribution in [-0.2, 0) is 9.47 Å². The molecule has 1 saturated heterocycles. The van der Waals surface area contributed by atoms with Crippen molar-refractivity contribution < 1.29 is 49.0 Å². The van der Waals surface area contributed by atoms with E-state index < -0.39 is 36.8 Å². The molecule has 1 atom stereocenters. The summed E-state index contributed by atoms with van der Waals surface area (Å²) in [6.07, 6.45) is -6.37. The SMILES string of the molecule is FC(F)(F)C(F)(F)C(F)(F)C(F)(F)CCCCCOCCC1CCCO1. The molecule has 1 rings (SSSR count). The van der Waals surface area contributed by atoms with Crippen LogP contribution in [0.5, 0.6) is 0 Å². The van der Waals surface area contributed by atoms with Crippen molar-refractivity contribution in [1.82, 2.24) is 0 Å². The lowest BCUT2D eigenvalue weighted by atomic mass is 9.98. The van der Waals surface area contributed by atoms with E-state index in [4.69, 9.17) is 9.47 Å². The molecule has 0 aromatic rings. The second-order valence-corrected chi connectivity index (χ2v) is 6.20. The molecule has 0 saturated carbocycles. The first-order valence-electron chi connectivity index (χ1n) is 8.22. The Morgan fingerprint density at radius 3 is 2.00 bits per heavy atom. The van der Waals surface area contributed by atoms with Crippen LogP contribution in [0.15, 0.2) is 0 Å². The van der Waals surface area contributed by atoms with Crippen LogP contribution in [0, 0.1) is 0 Å². The quantitative estimate of drug-likeness (QED) is 0.330. The lowest BCUT2D eigenvalue weighted by molar-refractivity contribution is -0.396. The van der Waals surface area contributed by atoms with E-state index in [2.05, 4.69) is 0 Å². The third kappa shape index (κ3) is 5.64. The molecule has 0 amide bonds. The molecule has 1 aliphatic heterocycles. The fourth-order valence-corrected chi connectivity index (χ4v) is 2.48. The number of hydrogen-bond acceptors (Lipinski definition) is 2. The Morgan fingerprint density at radius 1 is 0.808 bits per heavy atom. The van der Waals surface area contributed by atoms with Gasteiger partial charge >= 0.3 is 23.9 Å². The van der Waals surface area contributed by atoms with Gasteiger partial charge in [-0.25, -0.2) is 0 Å². The molecule has 0 aromatic carbocycles. The molecule has 0 bridgehead atoms. The highest BCUT2D eigenvalue weighted by Crippen LogP contribution is 2.54. The van der Waals surface area contributed by atoms with Crippen molar-refractivity contribution >= 4 is 0 Å². The van der Waals surface area contributed by atoms with Crippen molar-refractivity contribution in [2.45, 2.75) is 75.0 Å². The Kier molecular flexibility index (Phi) is 8.06. The number of unbranched alkanes of at least 4 members (excludes halogenated alkanes) is 2. The number of rotatable bonds is 11. The van der Waals surface area contributed by atoms with E-state index in [0.29, 0.717) is 19.6 Å². The molecule has 0 aliphatic carbocycles. The minimum Gasteiger partial charge on any atom is -0.381 e. The van der Waals surface area contributed by atoms with Crippen LogP contribution in [0.2, 0.25) is 0 Å². The lowest BCUT2D eigenvalue weighted by Crippen LogP contribution is -2.60. The molecule has 0 N–H and O–H groups in total. The molecular weight excluding hydrogens is 383 g/mol. The molecule has 0 radical (unpaired) electrons. The van der Waals surface area contributed by atoms with Crippen LogP contribution < -0.4 is 0 Å². The van der Waals surface area contributed by atoms with Crippen molar-refractivity contribution in [3.63, 3.8) is 0 Å². The van der Waals surface area contributed by atoms with Crippen molar-refractivity contribution in [3.05, 3.63) is 0 Å². The molecular formula is C15H21F9O2. The summed E-state index contributed by atoms with van der Waals surface area (Å²) in [5, 5.41) is 0. The summed E-state index contributed by atoms with van der Waals surface area (Å²) in [4.78, 5) is 0. The van der Waals surface area contributed by atoms with Gasteiger partial charge < -0.3 is 9.47 Å². The topological polar surface area (TPSA) is 18.5 Å². The van der Waals surface area contributed by atoms with Gasteiger partial charge in [0, 0.05) is 26.2 Å². The molecule has 26 heavy (non-hydrogen) atoms. The fraction of sp³-hybridized carbons (Fsp3) is 1.00. The van der Waals surface area contributed by atoms with Crippen LogP contribution in [0.1, 0.15) is 44.9 Å². The van der Waals surface area contributed by atoms with Gasteiger partial charge in [0.05, 0.1) is 6.10 Å². The Labute approximate surface area is 145 Å².